The van der Waals surface area contributed by atoms with Crippen LogP contribution in [0.1, 0.15) is 12.1 Å². The Kier molecular flexibility index (Phi) is 4.03. The van der Waals surface area contributed by atoms with Crippen molar-refractivity contribution in [3.8, 4) is 0 Å². The van der Waals surface area contributed by atoms with Crippen molar-refractivity contribution in [2.45, 2.75) is 13.3 Å². The van der Waals surface area contributed by atoms with Crippen molar-refractivity contribution in [3.05, 3.63) is 18.1 Å². The Bertz CT molecular complexity index is 341. The molecule has 0 saturated heterocycles. The van der Waals surface area contributed by atoms with E-state index in [1.54, 1.807) is 0 Å². The van der Waals surface area contributed by atoms with Crippen LogP contribution < -0.4 is 4.90 Å². The molecule has 1 rings (SSSR count). The van der Waals surface area contributed by atoms with Crippen molar-refractivity contribution in [2.24, 2.45) is 0 Å². The van der Waals surface area contributed by atoms with Gasteiger partial charge in [0.05, 0.1) is 13.5 Å². The average Bonchev–Trinajstić information content (AvgIpc) is 2.25. The smallest absolute Gasteiger partial charge is 0.307 e. The molecule has 0 aliphatic rings. The van der Waals surface area contributed by atoms with Gasteiger partial charge in [-0.3, -0.25) is 4.79 Å². The lowest BCUT2D eigenvalue weighted by atomic mass is 10.3. The molecular formula is C10H15N3O2. The maximum absolute atomic E-state index is 10.9. The first-order chi connectivity index (χ1) is 7.13. The standard InChI is InChI=1S/C10H15N3O2/c1-8-6-9(12-7-11-8)13(2)5-4-10(14)15-3/h6-7H,4-5H2,1-3H3. The van der Waals surface area contributed by atoms with Crippen molar-refractivity contribution in [1.29, 1.82) is 0 Å². The Labute approximate surface area is 89.1 Å². The number of carbonyl (C=O) groups excluding carboxylic acids is 1. The zero-order valence-corrected chi connectivity index (χ0v) is 9.23. The first kappa shape index (κ1) is 11.4. The molecule has 0 spiro atoms. The normalized spacial score (nSPS) is 9.80. The minimum Gasteiger partial charge on any atom is -0.469 e. The first-order valence-corrected chi connectivity index (χ1v) is 4.70. The van der Waals surface area contributed by atoms with Gasteiger partial charge in [-0.2, -0.15) is 0 Å². The number of rotatable bonds is 4. The third-order valence-electron chi connectivity index (χ3n) is 2.06. The fraction of sp³-hybridized carbons (Fsp3) is 0.500. The summed E-state index contributed by atoms with van der Waals surface area (Å²) in [6.07, 6.45) is 1.87. The molecule has 82 valence electrons. The molecule has 0 N–H and O–H groups in total. The van der Waals surface area contributed by atoms with Crippen LogP contribution in [0.4, 0.5) is 5.82 Å². The van der Waals surface area contributed by atoms with Gasteiger partial charge in [-0.25, -0.2) is 9.97 Å². The fourth-order valence-electron chi connectivity index (χ4n) is 1.12. The number of methoxy groups -OCH3 is 1. The van der Waals surface area contributed by atoms with Gasteiger partial charge in [-0.15, -0.1) is 0 Å². The van der Waals surface area contributed by atoms with E-state index in [0.717, 1.165) is 11.5 Å². The quantitative estimate of drug-likeness (QED) is 0.686. The summed E-state index contributed by atoms with van der Waals surface area (Å²) < 4.78 is 4.56. The van der Waals surface area contributed by atoms with Gasteiger partial charge in [-0.05, 0) is 6.92 Å². The summed E-state index contributed by atoms with van der Waals surface area (Å²) >= 11 is 0. The van der Waals surface area contributed by atoms with Gasteiger partial charge in [0.1, 0.15) is 12.1 Å². The number of hydrogen-bond donors (Lipinski definition) is 0. The fourth-order valence-corrected chi connectivity index (χ4v) is 1.12. The van der Waals surface area contributed by atoms with Gasteiger partial charge in [0.25, 0.3) is 0 Å². The van der Waals surface area contributed by atoms with Crippen LogP contribution in [0.3, 0.4) is 0 Å². The monoisotopic (exact) mass is 209 g/mol. The Hall–Kier alpha value is -1.65. The Morgan fingerprint density at radius 3 is 2.87 bits per heavy atom. The predicted molar refractivity (Wildman–Crippen MR) is 56.7 cm³/mol. The highest BCUT2D eigenvalue weighted by molar-refractivity contribution is 5.69. The van der Waals surface area contributed by atoms with Crippen molar-refractivity contribution in [3.63, 3.8) is 0 Å². The van der Waals surface area contributed by atoms with Gasteiger partial charge in [-0.1, -0.05) is 0 Å². The molecule has 0 atom stereocenters. The number of nitrogens with zero attached hydrogens (tertiary/aromatic N) is 3. The summed E-state index contributed by atoms with van der Waals surface area (Å²) in [7, 11) is 3.27. The lowest BCUT2D eigenvalue weighted by molar-refractivity contribution is -0.140. The van der Waals surface area contributed by atoms with E-state index in [4.69, 9.17) is 0 Å². The third kappa shape index (κ3) is 3.53. The van der Waals surface area contributed by atoms with E-state index in [-0.39, 0.29) is 5.97 Å². The molecule has 0 aliphatic heterocycles. The van der Waals surface area contributed by atoms with Crippen LogP contribution in [0.25, 0.3) is 0 Å². The van der Waals surface area contributed by atoms with Crippen molar-refractivity contribution >= 4 is 11.8 Å². The minimum atomic E-state index is -0.215. The van der Waals surface area contributed by atoms with Crippen LogP contribution in [0.15, 0.2) is 12.4 Å². The predicted octanol–water partition coefficient (Wildman–Crippen LogP) is 0.784. The van der Waals surface area contributed by atoms with Gasteiger partial charge >= 0.3 is 5.97 Å². The second kappa shape index (κ2) is 5.29. The second-order valence-corrected chi connectivity index (χ2v) is 3.27. The molecule has 5 nitrogen and oxygen atoms in total. The van der Waals surface area contributed by atoms with Gasteiger partial charge in [0, 0.05) is 25.4 Å². The number of esters is 1. The van der Waals surface area contributed by atoms with E-state index in [1.807, 2.05) is 24.9 Å². The van der Waals surface area contributed by atoms with Crippen LogP contribution in [0, 0.1) is 6.92 Å². The number of aryl methyl sites for hydroxylation is 1. The van der Waals surface area contributed by atoms with Crippen molar-refractivity contribution in [1.82, 2.24) is 9.97 Å². The molecule has 1 heterocycles. The highest BCUT2D eigenvalue weighted by atomic mass is 16.5. The zero-order valence-electron chi connectivity index (χ0n) is 9.23. The summed E-state index contributed by atoms with van der Waals surface area (Å²) in [6.45, 7) is 2.49. The number of aromatic nitrogens is 2. The average molecular weight is 209 g/mol. The summed E-state index contributed by atoms with van der Waals surface area (Å²) in [5, 5.41) is 0. The third-order valence-corrected chi connectivity index (χ3v) is 2.06. The van der Waals surface area contributed by atoms with Crippen LogP contribution >= 0.6 is 0 Å². The molecule has 0 unspecified atom stereocenters. The maximum atomic E-state index is 10.9. The SMILES string of the molecule is COC(=O)CCN(C)c1cc(C)ncn1. The molecule has 1 aromatic heterocycles. The topological polar surface area (TPSA) is 55.3 Å². The zero-order chi connectivity index (χ0) is 11.3. The maximum Gasteiger partial charge on any atom is 0.307 e. The van der Waals surface area contributed by atoms with E-state index in [9.17, 15) is 4.79 Å². The largest absolute Gasteiger partial charge is 0.469 e. The molecule has 0 radical (unpaired) electrons. The molecule has 0 aromatic carbocycles. The Balaban J connectivity index is 2.53. The Morgan fingerprint density at radius 2 is 2.27 bits per heavy atom. The molecular weight excluding hydrogens is 194 g/mol. The molecule has 15 heavy (non-hydrogen) atoms. The van der Waals surface area contributed by atoms with E-state index in [0.29, 0.717) is 13.0 Å². The molecule has 0 saturated carbocycles. The Morgan fingerprint density at radius 1 is 1.53 bits per heavy atom. The van der Waals surface area contributed by atoms with E-state index in [2.05, 4.69) is 14.7 Å². The van der Waals surface area contributed by atoms with E-state index in [1.165, 1.54) is 13.4 Å². The van der Waals surface area contributed by atoms with E-state index < -0.39 is 0 Å². The summed E-state index contributed by atoms with van der Waals surface area (Å²) in [5.41, 5.74) is 0.907. The number of anilines is 1. The molecule has 0 amide bonds. The lowest BCUT2D eigenvalue weighted by Crippen LogP contribution is -2.22. The highest BCUT2D eigenvalue weighted by Gasteiger charge is 2.06. The molecule has 0 fully saturated rings. The number of hydrogen-bond acceptors (Lipinski definition) is 5. The second-order valence-electron chi connectivity index (χ2n) is 3.27. The van der Waals surface area contributed by atoms with Crippen molar-refractivity contribution in [2.75, 3.05) is 25.6 Å². The number of carbonyl (C=O) groups is 1. The van der Waals surface area contributed by atoms with Crippen molar-refractivity contribution < 1.29 is 9.53 Å². The minimum absolute atomic E-state index is 0.215. The van der Waals surface area contributed by atoms with Crippen LogP contribution in [-0.2, 0) is 9.53 Å². The first-order valence-electron chi connectivity index (χ1n) is 4.70. The van der Waals surface area contributed by atoms with Crippen LogP contribution in [0.5, 0.6) is 0 Å². The molecule has 0 aliphatic carbocycles. The summed E-state index contributed by atoms with van der Waals surface area (Å²) in [5.74, 6) is 0.596. The molecule has 1 aromatic rings. The van der Waals surface area contributed by atoms with Gasteiger partial charge < -0.3 is 9.64 Å². The van der Waals surface area contributed by atoms with Crippen LogP contribution in [0.2, 0.25) is 0 Å². The molecule has 0 bridgehead atoms. The highest BCUT2D eigenvalue weighted by Crippen LogP contribution is 2.08. The van der Waals surface area contributed by atoms with Gasteiger partial charge in [0.15, 0.2) is 0 Å². The summed E-state index contributed by atoms with van der Waals surface area (Å²) in [4.78, 5) is 20.9. The summed E-state index contributed by atoms with van der Waals surface area (Å²) in [6, 6.07) is 1.87. The van der Waals surface area contributed by atoms with Gasteiger partial charge in [0.2, 0.25) is 0 Å². The van der Waals surface area contributed by atoms with Crippen LogP contribution in [-0.4, -0.2) is 36.6 Å². The lowest BCUT2D eigenvalue weighted by Gasteiger charge is -2.17. The van der Waals surface area contributed by atoms with E-state index >= 15 is 0 Å². The molecule has 5 heteroatoms. The number of ether oxygens (including phenoxy) is 1.